The molecule has 2 N–H and O–H groups in total. The first-order valence-electron chi connectivity index (χ1n) is 26.2. The van der Waals surface area contributed by atoms with Gasteiger partial charge >= 0.3 is 0 Å². The molecule has 72 heavy (non-hydrogen) atoms. The molecule has 2 saturated carbocycles. The number of halogens is 2. The second-order valence-corrected chi connectivity index (χ2v) is 24.7. The number of nitrogens with zero attached hydrogens (tertiary/aromatic N) is 7. The summed E-state index contributed by atoms with van der Waals surface area (Å²) < 4.78 is 20.4. The summed E-state index contributed by atoms with van der Waals surface area (Å²) in [5, 5.41) is 14.9. The van der Waals surface area contributed by atoms with Crippen molar-refractivity contribution in [2.45, 2.75) is 154 Å². The Labute approximate surface area is 436 Å². The molecule has 2 aliphatic carbocycles. The Balaban J connectivity index is 0.805. The van der Waals surface area contributed by atoms with Gasteiger partial charge in [0.25, 0.3) is 5.56 Å². The maximum atomic E-state index is 15.1. The summed E-state index contributed by atoms with van der Waals surface area (Å²) in [6.07, 6.45) is 9.35. The molecule has 382 valence electrons. The number of carbonyl (C=O) groups excluding carboxylic acids is 2. The van der Waals surface area contributed by atoms with Crippen LogP contribution in [-0.4, -0.2) is 101 Å². The number of β-amino-alcohol motifs (C(OH)–C–C–N with tert-alkyl or cyclic N) is 1. The topological polar surface area (TPSA) is 137 Å². The first kappa shape index (κ1) is 51.1. The van der Waals surface area contributed by atoms with Crippen molar-refractivity contribution >= 4 is 81.5 Å². The number of aromatic nitrogens is 4. The number of alkyl halides is 1. The SMILES string of the molecule is Cc1ncsc1-c1ccc([C@H](CC[C@H](C)CCN2CCC(c3ccc4c(c3)n(C3CCCC3)c3nc(=O)c5c(Br)cccc5n43)CC2)NC(=O)[C@@H]2C[C@@H](O)CN2C(=O)[C@@H](N=C(P)C2(F)CC2)C(C)(C)C)cc1. The van der Waals surface area contributed by atoms with E-state index in [1.165, 1.54) is 23.3 Å². The van der Waals surface area contributed by atoms with Crippen LogP contribution in [0.3, 0.4) is 0 Å². The predicted molar refractivity (Wildman–Crippen MR) is 294 cm³/mol. The van der Waals surface area contributed by atoms with Crippen molar-refractivity contribution < 1.29 is 19.1 Å². The smallest absolute Gasteiger partial charge is 0.283 e. The lowest BCUT2D eigenvalue weighted by Crippen LogP contribution is -2.52. The highest BCUT2D eigenvalue weighted by atomic mass is 79.9. The van der Waals surface area contributed by atoms with Gasteiger partial charge in [0.2, 0.25) is 17.6 Å². The van der Waals surface area contributed by atoms with Gasteiger partial charge in [-0.15, -0.1) is 11.3 Å². The van der Waals surface area contributed by atoms with Crippen LogP contribution in [0.4, 0.5) is 4.39 Å². The third-order valence-electron chi connectivity index (χ3n) is 16.2. The number of aliphatic hydroxyl groups excluding tert-OH is 1. The monoisotopic (exact) mass is 1080 g/mol. The second kappa shape index (κ2) is 20.7. The summed E-state index contributed by atoms with van der Waals surface area (Å²) in [6.45, 7) is 13.1. The molecule has 3 aromatic heterocycles. The molecular formula is C56H69BrFN8O4PS. The van der Waals surface area contributed by atoms with Crippen LogP contribution in [0.25, 0.3) is 38.2 Å². The molecule has 10 rings (SSSR count). The van der Waals surface area contributed by atoms with Crippen LogP contribution in [0.2, 0.25) is 0 Å². The lowest BCUT2D eigenvalue weighted by Gasteiger charge is -2.34. The van der Waals surface area contributed by atoms with E-state index in [0.717, 1.165) is 107 Å². The van der Waals surface area contributed by atoms with Crippen molar-refractivity contribution in [3.63, 3.8) is 0 Å². The molecule has 12 nitrogen and oxygen atoms in total. The van der Waals surface area contributed by atoms with Crippen molar-refractivity contribution in [3.05, 3.63) is 97.8 Å². The zero-order chi connectivity index (χ0) is 50.6. The van der Waals surface area contributed by atoms with Crippen molar-refractivity contribution in [2.75, 3.05) is 26.2 Å². The Hall–Kier alpha value is -4.40. The molecule has 6 aromatic rings. The Bertz CT molecular complexity index is 3080. The van der Waals surface area contributed by atoms with Crippen LogP contribution < -0.4 is 10.9 Å². The van der Waals surface area contributed by atoms with Crippen LogP contribution in [-0.2, 0) is 9.59 Å². The number of carbonyl (C=O) groups is 2. The van der Waals surface area contributed by atoms with Crippen molar-refractivity contribution in [2.24, 2.45) is 16.3 Å². The number of amides is 2. The van der Waals surface area contributed by atoms with Gasteiger partial charge in [-0.3, -0.25) is 23.8 Å². The number of hydrogen-bond donors (Lipinski definition) is 2. The summed E-state index contributed by atoms with van der Waals surface area (Å²) in [5.41, 5.74) is 7.28. The maximum absolute atomic E-state index is 15.1. The fraction of sp³-hybridized carbons (Fsp3) is 0.536. The maximum Gasteiger partial charge on any atom is 0.283 e. The molecule has 3 aromatic carbocycles. The first-order chi connectivity index (χ1) is 34.5. The highest BCUT2D eigenvalue weighted by molar-refractivity contribution is 9.10. The molecule has 4 fully saturated rings. The molecule has 2 saturated heterocycles. The number of piperidine rings is 1. The quantitative estimate of drug-likeness (QED) is 0.0772. The lowest BCUT2D eigenvalue weighted by atomic mass is 9.86. The molecular weight excluding hydrogens is 1010 g/mol. The number of likely N-dealkylation sites (tertiary alicyclic amines) is 2. The van der Waals surface area contributed by atoms with Gasteiger partial charge in [-0.2, -0.15) is 4.98 Å². The highest BCUT2D eigenvalue weighted by Crippen LogP contribution is 2.44. The molecule has 2 amide bonds. The summed E-state index contributed by atoms with van der Waals surface area (Å²) in [4.78, 5) is 61.3. The molecule has 0 radical (unpaired) electrons. The molecule has 1 unspecified atom stereocenters. The van der Waals surface area contributed by atoms with Crippen LogP contribution in [0, 0.1) is 18.3 Å². The van der Waals surface area contributed by atoms with Gasteiger partial charge in [0.1, 0.15) is 12.1 Å². The van der Waals surface area contributed by atoms with Crippen molar-refractivity contribution in [1.29, 1.82) is 0 Å². The van der Waals surface area contributed by atoms with Gasteiger partial charge in [-0.1, -0.05) is 86.2 Å². The number of aliphatic hydroxyl groups is 1. The Morgan fingerprint density at radius 1 is 1.00 bits per heavy atom. The lowest BCUT2D eigenvalue weighted by molar-refractivity contribution is -0.141. The molecule has 6 atom stereocenters. The van der Waals surface area contributed by atoms with Crippen molar-refractivity contribution in [3.8, 4) is 10.4 Å². The van der Waals surface area contributed by atoms with Crippen molar-refractivity contribution in [1.82, 2.24) is 34.1 Å². The molecule has 2 aliphatic heterocycles. The standard InChI is InChI=1S/C56H69BrFN8O4PS/c1-33(21-26-63-27-22-35(23-28-63)38-18-20-43-45(29-38)65(39-9-6-7-10-39)54-62-51(69)47-41(57)11-8-12-44(47)66(43)54)13-19-42(36-14-16-37(17-15-36)48-34(2)59-32-72-48)60-50(68)46-30-40(67)31-64(46)52(70)49(55(3,4)5)61-53(71)56(58)24-25-56/h8,11-12,14-18,20,29,32-33,35,39-40,42,46,49,67H,6-7,9-10,13,19,21-28,30-31,71H2,1-5H3,(H,60,68)/t33-,40+,42-,46-,49+/m0/s1. The number of rotatable bonds is 15. The van der Waals surface area contributed by atoms with E-state index in [9.17, 15) is 19.5 Å². The van der Waals surface area contributed by atoms with E-state index in [1.807, 2.05) is 51.4 Å². The molecule has 0 spiro atoms. The predicted octanol–water partition coefficient (Wildman–Crippen LogP) is 11.1. The number of hydrogen-bond acceptors (Lipinski definition) is 9. The van der Waals surface area contributed by atoms with Gasteiger partial charge in [-0.05, 0) is 158 Å². The van der Waals surface area contributed by atoms with Gasteiger partial charge < -0.3 is 24.8 Å². The van der Waals surface area contributed by atoms with E-state index in [0.29, 0.717) is 42.5 Å². The van der Waals surface area contributed by atoms with Gasteiger partial charge in [0, 0.05) is 23.5 Å². The second-order valence-electron chi connectivity index (χ2n) is 22.4. The van der Waals surface area contributed by atoms with E-state index in [-0.39, 0.29) is 41.8 Å². The molecule has 5 heterocycles. The van der Waals surface area contributed by atoms with Crippen LogP contribution in [0.1, 0.15) is 140 Å². The summed E-state index contributed by atoms with van der Waals surface area (Å²) in [5.74, 6) is 0.900. The number of benzene rings is 3. The fourth-order valence-electron chi connectivity index (χ4n) is 11.6. The number of thiazole rings is 1. The third kappa shape index (κ3) is 10.4. The van der Waals surface area contributed by atoms with Gasteiger partial charge in [0.05, 0.1) is 55.6 Å². The number of fused-ring (bicyclic) bond motifs is 5. The Morgan fingerprint density at radius 2 is 1.74 bits per heavy atom. The number of aryl methyl sites for hydroxylation is 1. The van der Waals surface area contributed by atoms with Crippen LogP contribution in [0.5, 0.6) is 0 Å². The zero-order valence-corrected chi connectivity index (χ0v) is 45.8. The van der Waals surface area contributed by atoms with Crippen LogP contribution >= 0.6 is 36.5 Å². The first-order valence-corrected chi connectivity index (χ1v) is 28.4. The highest BCUT2D eigenvalue weighted by Gasteiger charge is 2.49. The summed E-state index contributed by atoms with van der Waals surface area (Å²) in [6, 6.07) is 19.4. The normalized spacial score (nSPS) is 21.5. The summed E-state index contributed by atoms with van der Waals surface area (Å²) in [7, 11) is 2.40. The molecule has 4 aliphatic rings. The number of aliphatic imine (C=N–C) groups is 1. The minimum Gasteiger partial charge on any atom is -0.391 e. The van der Waals surface area contributed by atoms with E-state index in [1.54, 1.807) is 11.3 Å². The fourth-order valence-corrected chi connectivity index (χ4v) is 13.4. The third-order valence-corrected chi connectivity index (χ3v) is 18.5. The van der Waals surface area contributed by atoms with E-state index >= 15 is 4.39 Å². The molecule has 16 heteroatoms. The van der Waals surface area contributed by atoms with Crippen LogP contribution in [0.15, 0.2) is 80.4 Å². The number of imidazole rings is 1. The minimum absolute atomic E-state index is 0.0200. The number of nitrogens with one attached hydrogen (secondary N) is 1. The zero-order valence-electron chi connectivity index (χ0n) is 42.2. The van der Waals surface area contributed by atoms with E-state index in [2.05, 4.69) is 104 Å². The average molecular weight is 1080 g/mol. The Morgan fingerprint density at radius 3 is 2.42 bits per heavy atom. The average Bonchev–Trinajstić information content (AvgIpc) is 3.81. The van der Waals surface area contributed by atoms with Gasteiger partial charge in [0.15, 0.2) is 5.67 Å². The largest absolute Gasteiger partial charge is 0.391 e. The minimum atomic E-state index is -1.50. The molecule has 0 bridgehead atoms. The Kier molecular flexibility index (Phi) is 14.7. The van der Waals surface area contributed by atoms with E-state index in [4.69, 9.17) is 4.98 Å². The summed E-state index contributed by atoms with van der Waals surface area (Å²) >= 11 is 5.23. The van der Waals surface area contributed by atoms with Gasteiger partial charge in [-0.25, -0.2) is 9.37 Å². The van der Waals surface area contributed by atoms with E-state index < -0.39 is 29.3 Å².